The summed E-state index contributed by atoms with van der Waals surface area (Å²) in [7, 11) is 0. The average molecular weight is 370 g/mol. The van der Waals surface area contributed by atoms with Gasteiger partial charge in [-0.2, -0.15) is 0 Å². The van der Waals surface area contributed by atoms with Crippen molar-refractivity contribution in [2.24, 2.45) is 5.41 Å². The van der Waals surface area contributed by atoms with Crippen LogP contribution in [0.25, 0.3) is 0 Å². The normalized spacial score (nSPS) is 20.8. The van der Waals surface area contributed by atoms with E-state index in [-0.39, 0.29) is 10.8 Å². The third-order valence-corrected chi connectivity index (χ3v) is 6.99. The van der Waals surface area contributed by atoms with E-state index >= 15 is 0 Å². The number of hydrogen-bond acceptors (Lipinski definition) is 0. The maximum atomic E-state index is 13.5. The van der Waals surface area contributed by atoms with Gasteiger partial charge in [0.1, 0.15) is 0 Å². The third-order valence-electron chi connectivity index (χ3n) is 6.99. The molecule has 2 fully saturated rings. The Morgan fingerprint density at radius 1 is 0.741 bits per heavy atom. The summed E-state index contributed by atoms with van der Waals surface area (Å²) < 4.78 is 0. The average Bonchev–Trinajstić information content (AvgIpc) is 2.61. The highest BCUT2D eigenvalue weighted by atomic mass is 16.3. The van der Waals surface area contributed by atoms with Crippen molar-refractivity contribution in [1.82, 2.24) is 0 Å². The molecule has 2 aliphatic rings. The van der Waals surface area contributed by atoms with E-state index in [4.69, 9.17) is 0 Å². The zero-order chi connectivity index (χ0) is 19.7. The van der Waals surface area contributed by atoms with E-state index in [0.29, 0.717) is 17.6 Å². The molecular formula is C26H41O. The van der Waals surface area contributed by atoms with Crippen LogP contribution >= 0.6 is 0 Å². The molecule has 151 valence electrons. The lowest BCUT2D eigenvalue weighted by Crippen LogP contribution is -2.25. The van der Waals surface area contributed by atoms with Gasteiger partial charge >= 0.3 is 0 Å². The Labute approximate surface area is 168 Å². The SMILES string of the molecule is CC(C)(C)CC(C)(C)c1cc(C2CCCCC2)c([O])c(C2CCCCC2)c1. The van der Waals surface area contributed by atoms with Crippen molar-refractivity contribution in [2.45, 2.75) is 122 Å². The molecule has 3 rings (SSSR count). The maximum absolute atomic E-state index is 13.5. The van der Waals surface area contributed by atoms with E-state index in [1.54, 1.807) is 0 Å². The summed E-state index contributed by atoms with van der Waals surface area (Å²) in [4.78, 5) is 0. The molecule has 2 saturated carbocycles. The minimum absolute atomic E-state index is 0.110. The van der Waals surface area contributed by atoms with Gasteiger partial charge in [-0.25, -0.2) is 0 Å². The van der Waals surface area contributed by atoms with Gasteiger partial charge in [-0.3, -0.25) is 5.11 Å². The fraction of sp³-hybridized carbons (Fsp3) is 0.769. The summed E-state index contributed by atoms with van der Waals surface area (Å²) in [6.45, 7) is 11.8. The standard InChI is InChI=1S/C26H41O/c1-25(2,3)18-26(4,5)21-16-22(19-12-8-6-9-13-19)24(27)23(17-21)20-14-10-7-11-15-20/h16-17,19-20H,6-15,18H2,1-5H3. The van der Waals surface area contributed by atoms with Crippen LogP contribution in [0, 0.1) is 5.41 Å². The number of hydrogen-bond donors (Lipinski definition) is 0. The maximum Gasteiger partial charge on any atom is 0.185 e. The van der Waals surface area contributed by atoms with E-state index in [1.807, 2.05) is 0 Å². The summed E-state index contributed by atoms with van der Waals surface area (Å²) >= 11 is 0. The highest BCUT2D eigenvalue weighted by Gasteiger charge is 2.32. The van der Waals surface area contributed by atoms with Gasteiger partial charge in [0.2, 0.25) is 0 Å². The van der Waals surface area contributed by atoms with Crippen molar-refractivity contribution in [3.63, 3.8) is 0 Å². The molecule has 0 unspecified atom stereocenters. The van der Waals surface area contributed by atoms with Crippen LogP contribution < -0.4 is 0 Å². The molecule has 0 amide bonds. The molecule has 0 aliphatic heterocycles. The van der Waals surface area contributed by atoms with Gasteiger partial charge in [0.15, 0.2) is 5.75 Å². The van der Waals surface area contributed by atoms with Gasteiger partial charge in [0, 0.05) is 11.1 Å². The zero-order valence-corrected chi connectivity index (χ0v) is 18.5. The van der Waals surface area contributed by atoms with Crippen molar-refractivity contribution in [3.05, 3.63) is 28.8 Å². The van der Waals surface area contributed by atoms with Crippen molar-refractivity contribution in [3.8, 4) is 5.75 Å². The molecule has 2 aliphatic carbocycles. The lowest BCUT2D eigenvalue weighted by molar-refractivity contribution is 0.282. The lowest BCUT2D eigenvalue weighted by Gasteiger charge is -2.35. The predicted molar refractivity (Wildman–Crippen MR) is 115 cm³/mol. The molecule has 0 heterocycles. The van der Waals surface area contributed by atoms with Gasteiger partial charge in [0.25, 0.3) is 0 Å². The van der Waals surface area contributed by atoms with Crippen LogP contribution in [-0.4, -0.2) is 0 Å². The van der Waals surface area contributed by atoms with Gasteiger partial charge < -0.3 is 0 Å². The fourth-order valence-corrected chi connectivity index (χ4v) is 5.93. The molecule has 0 bridgehead atoms. The largest absolute Gasteiger partial charge is 0.289 e. The summed E-state index contributed by atoms with van der Waals surface area (Å²) in [5.41, 5.74) is 4.14. The second-order valence-electron chi connectivity index (χ2n) is 11.3. The Morgan fingerprint density at radius 2 is 1.15 bits per heavy atom. The van der Waals surface area contributed by atoms with Gasteiger partial charge in [-0.05, 0) is 60.3 Å². The molecule has 1 radical (unpaired) electrons. The quantitative estimate of drug-likeness (QED) is 0.506. The van der Waals surface area contributed by atoms with Gasteiger partial charge in [0.05, 0.1) is 0 Å². The molecule has 0 aromatic heterocycles. The lowest BCUT2D eigenvalue weighted by atomic mass is 9.69. The monoisotopic (exact) mass is 369 g/mol. The van der Waals surface area contributed by atoms with Crippen LogP contribution in [0.15, 0.2) is 12.1 Å². The van der Waals surface area contributed by atoms with Crippen molar-refractivity contribution in [2.75, 3.05) is 0 Å². The van der Waals surface area contributed by atoms with Crippen LogP contribution in [-0.2, 0) is 10.5 Å². The van der Waals surface area contributed by atoms with E-state index in [1.165, 1.54) is 69.8 Å². The predicted octanol–water partition coefficient (Wildman–Crippen LogP) is 8.64. The number of benzene rings is 1. The zero-order valence-electron chi connectivity index (χ0n) is 18.5. The Hall–Kier alpha value is -0.980. The first-order valence-electron chi connectivity index (χ1n) is 11.5. The van der Waals surface area contributed by atoms with Crippen LogP contribution in [0.3, 0.4) is 0 Å². The van der Waals surface area contributed by atoms with E-state index in [2.05, 4.69) is 46.8 Å². The molecule has 1 nitrogen and oxygen atoms in total. The minimum atomic E-state index is 0.110. The van der Waals surface area contributed by atoms with Crippen LogP contribution in [0.1, 0.15) is 134 Å². The first-order chi connectivity index (χ1) is 12.7. The second kappa shape index (κ2) is 8.18. The molecule has 27 heavy (non-hydrogen) atoms. The smallest absolute Gasteiger partial charge is 0.185 e. The summed E-state index contributed by atoms with van der Waals surface area (Å²) in [5.74, 6) is 1.40. The Morgan fingerprint density at radius 3 is 1.52 bits per heavy atom. The molecule has 1 heteroatoms. The molecule has 0 atom stereocenters. The first-order valence-corrected chi connectivity index (χ1v) is 11.5. The second-order valence-corrected chi connectivity index (χ2v) is 11.3. The summed E-state index contributed by atoms with van der Waals surface area (Å²) in [6.07, 6.45) is 13.8. The van der Waals surface area contributed by atoms with Crippen molar-refractivity contribution < 1.29 is 5.11 Å². The van der Waals surface area contributed by atoms with E-state index in [0.717, 1.165) is 17.5 Å². The first kappa shape index (κ1) is 20.7. The highest BCUT2D eigenvalue weighted by Crippen LogP contribution is 2.47. The van der Waals surface area contributed by atoms with Gasteiger partial charge in [-0.1, -0.05) is 85.3 Å². The summed E-state index contributed by atoms with van der Waals surface area (Å²) in [6, 6.07) is 4.66. The van der Waals surface area contributed by atoms with Gasteiger partial charge in [-0.15, -0.1) is 0 Å². The molecule has 0 saturated heterocycles. The Balaban J connectivity index is 2.04. The van der Waals surface area contributed by atoms with Crippen molar-refractivity contribution in [1.29, 1.82) is 0 Å². The Bertz CT molecular complexity index is 583. The Kier molecular flexibility index (Phi) is 6.28. The molecular weight excluding hydrogens is 328 g/mol. The van der Waals surface area contributed by atoms with Crippen LogP contribution in [0.4, 0.5) is 0 Å². The minimum Gasteiger partial charge on any atom is -0.289 e. The van der Waals surface area contributed by atoms with Crippen LogP contribution in [0.2, 0.25) is 0 Å². The topological polar surface area (TPSA) is 19.9 Å². The molecule has 1 aromatic rings. The van der Waals surface area contributed by atoms with Crippen molar-refractivity contribution >= 4 is 0 Å². The van der Waals surface area contributed by atoms with Crippen LogP contribution in [0.5, 0.6) is 5.75 Å². The third kappa shape index (κ3) is 5.09. The highest BCUT2D eigenvalue weighted by molar-refractivity contribution is 5.49. The molecule has 1 aromatic carbocycles. The fourth-order valence-electron chi connectivity index (χ4n) is 5.93. The van der Waals surface area contributed by atoms with E-state index < -0.39 is 0 Å². The number of rotatable bonds is 4. The summed E-state index contributed by atoms with van der Waals surface area (Å²) in [5, 5.41) is 13.5. The van der Waals surface area contributed by atoms with E-state index in [9.17, 15) is 5.11 Å². The molecule has 0 spiro atoms. The molecule has 0 N–H and O–H groups in total.